The number of hydrogen-bond donors (Lipinski definition) is 0. The van der Waals surface area contributed by atoms with Crippen LogP contribution in [0.15, 0.2) is 52.5 Å². The quantitative estimate of drug-likeness (QED) is 0.624. The summed E-state index contributed by atoms with van der Waals surface area (Å²) in [6, 6.07) is 10.8. The van der Waals surface area contributed by atoms with Crippen molar-refractivity contribution in [1.82, 2.24) is 0 Å². The summed E-state index contributed by atoms with van der Waals surface area (Å²) in [5, 5.41) is 2.57. The molecule has 2 heterocycles. The third-order valence-corrected chi connectivity index (χ3v) is 3.61. The Labute approximate surface area is 118 Å². The van der Waals surface area contributed by atoms with Crippen molar-refractivity contribution in [2.75, 3.05) is 0 Å². The minimum absolute atomic E-state index is 0.310. The average molecular weight is 290 g/mol. The van der Waals surface area contributed by atoms with Gasteiger partial charge in [0.15, 0.2) is 5.70 Å². The molecule has 1 aliphatic heterocycles. The van der Waals surface area contributed by atoms with E-state index in [-0.39, 0.29) is 0 Å². The number of thiophene rings is 1. The SMILES string of the molecule is O=C1OC(c2ccc(Cl)cc2)=N/C1=C\c1cccs1. The lowest BCUT2D eigenvalue weighted by Crippen LogP contribution is -2.04. The number of ether oxygens (including phenoxy) is 1. The zero-order chi connectivity index (χ0) is 13.2. The van der Waals surface area contributed by atoms with Gasteiger partial charge in [-0.15, -0.1) is 11.3 Å². The molecule has 1 aliphatic rings. The van der Waals surface area contributed by atoms with Gasteiger partial charge >= 0.3 is 5.97 Å². The van der Waals surface area contributed by atoms with Gasteiger partial charge in [0, 0.05) is 15.5 Å². The van der Waals surface area contributed by atoms with Crippen LogP contribution in [0.25, 0.3) is 6.08 Å². The fourth-order valence-electron chi connectivity index (χ4n) is 1.63. The molecule has 0 spiro atoms. The van der Waals surface area contributed by atoms with Crippen LogP contribution in [-0.4, -0.2) is 11.9 Å². The van der Waals surface area contributed by atoms with Gasteiger partial charge < -0.3 is 4.74 Å². The van der Waals surface area contributed by atoms with Crippen molar-refractivity contribution in [2.24, 2.45) is 4.99 Å². The fourth-order valence-corrected chi connectivity index (χ4v) is 2.41. The number of aliphatic imine (C=N–C) groups is 1. The molecule has 0 radical (unpaired) electrons. The lowest BCUT2D eigenvalue weighted by atomic mass is 10.2. The molecule has 19 heavy (non-hydrogen) atoms. The maximum Gasteiger partial charge on any atom is 0.363 e. The third-order valence-electron chi connectivity index (χ3n) is 2.53. The van der Waals surface area contributed by atoms with E-state index in [1.807, 2.05) is 17.5 Å². The molecule has 1 aromatic heterocycles. The first kappa shape index (κ1) is 12.1. The second-order valence-electron chi connectivity index (χ2n) is 3.86. The zero-order valence-electron chi connectivity index (χ0n) is 9.67. The molecule has 1 aromatic carbocycles. The van der Waals surface area contributed by atoms with E-state index in [2.05, 4.69) is 4.99 Å². The van der Waals surface area contributed by atoms with Gasteiger partial charge in [0.2, 0.25) is 5.90 Å². The van der Waals surface area contributed by atoms with Crippen LogP contribution in [-0.2, 0) is 9.53 Å². The average Bonchev–Trinajstić information content (AvgIpc) is 3.02. The van der Waals surface area contributed by atoms with Crippen LogP contribution in [0.1, 0.15) is 10.4 Å². The van der Waals surface area contributed by atoms with Gasteiger partial charge in [0.05, 0.1) is 0 Å². The molecule has 0 atom stereocenters. The molecule has 0 aliphatic carbocycles. The molecule has 0 saturated carbocycles. The Hall–Kier alpha value is -1.91. The minimum Gasteiger partial charge on any atom is -0.402 e. The summed E-state index contributed by atoms with van der Waals surface area (Å²) in [5.41, 5.74) is 1.04. The van der Waals surface area contributed by atoms with Gasteiger partial charge in [-0.1, -0.05) is 17.7 Å². The molecule has 0 bridgehead atoms. The minimum atomic E-state index is -0.432. The van der Waals surface area contributed by atoms with E-state index in [1.54, 1.807) is 30.3 Å². The molecule has 0 fully saturated rings. The Morgan fingerprint density at radius 3 is 2.68 bits per heavy atom. The topological polar surface area (TPSA) is 38.7 Å². The van der Waals surface area contributed by atoms with Crippen molar-refractivity contribution in [1.29, 1.82) is 0 Å². The van der Waals surface area contributed by atoms with Crippen LogP contribution in [0.2, 0.25) is 5.02 Å². The fraction of sp³-hybridized carbons (Fsp3) is 0. The van der Waals surface area contributed by atoms with Crippen molar-refractivity contribution in [2.45, 2.75) is 0 Å². The summed E-state index contributed by atoms with van der Waals surface area (Å²) >= 11 is 7.35. The predicted molar refractivity (Wildman–Crippen MR) is 76.4 cm³/mol. The summed E-state index contributed by atoms with van der Waals surface area (Å²) in [6.07, 6.45) is 1.72. The summed E-state index contributed by atoms with van der Waals surface area (Å²) in [5.74, 6) is -0.122. The normalized spacial score (nSPS) is 16.6. The van der Waals surface area contributed by atoms with Gasteiger partial charge in [-0.25, -0.2) is 9.79 Å². The van der Waals surface area contributed by atoms with E-state index in [9.17, 15) is 4.79 Å². The largest absolute Gasteiger partial charge is 0.402 e. The van der Waals surface area contributed by atoms with Crippen molar-refractivity contribution in [3.8, 4) is 0 Å². The van der Waals surface area contributed by atoms with Crippen LogP contribution in [0.3, 0.4) is 0 Å². The number of esters is 1. The van der Waals surface area contributed by atoms with Crippen LogP contribution in [0.4, 0.5) is 0 Å². The summed E-state index contributed by atoms with van der Waals surface area (Å²) in [6.45, 7) is 0. The maximum absolute atomic E-state index is 11.7. The third kappa shape index (κ3) is 2.59. The Bertz CT molecular complexity index is 672. The maximum atomic E-state index is 11.7. The molecule has 0 saturated heterocycles. The first-order chi connectivity index (χ1) is 9.22. The van der Waals surface area contributed by atoms with Crippen molar-refractivity contribution >= 4 is 40.9 Å². The van der Waals surface area contributed by atoms with Gasteiger partial charge in [-0.3, -0.25) is 0 Å². The Balaban J connectivity index is 1.93. The summed E-state index contributed by atoms with van der Waals surface area (Å²) in [4.78, 5) is 16.9. The van der Waals surface area contributed by atoms with Crippen molar-refractivity contribution in [3.63, 3.8) is 0 Å². The number of carbonyl (C=O) groups is 1. The van der Waals surface area contributed by atoms with Crippen LogP contribution in [0.5, 0.6) is 0 Å². The van der Waals surface area contributed by atoms with E-state index in [1.165, 1.54) is 11.3 Å². The second kappa shape index (κ2) is 4.99. The number of cyclic esters (lactones) is 1. The standard InChI is InChI=1S/C14H8ClNO2S/c15-10-5-3-9(4-6-10)13-16-12(14(17)18-13)8-11-2-1-7-19-11/h1-8H/b12-8-. The van der Waals surface area contributed by atoms with Gasteiger partial charge in [-0.05, 0) is 41.8 Å². The first-order valence-corrected chi connectivity index (χ1v) is 6.80. The van der Waals surface area contributed by atoms with Crippen molar-refractivity contribution < 1.29 is 9.53 Å². The van der Waals surface area contributed by atoms with E-state index in [0.29, 0.717) is 16.6 Å². The summed E-state index contributed by atoms with van der Waals surface area (Å²) < 4.78 is 5.15. The molecule has 0 N–H and O–H groups in total. The molecule has 0 unspecified atom stereocenters. The Morgan fingerprint density at radius 2 is 2.00 bits per heavy atom. The lowest BCUT2D eigenvalue weighted by molar-refractivity contribution is -0.129. The van der Waals surface area contributed by atoms with E-state index >= 15 is 0 Å². The van der Waals surface area contributed by atoms with Crippen LogP contribution >= 0.6 is 22.9 Å². The molecule has 3 rings (SSSR count). The van der Waals surface area contributed by atoms with Crippen LogP contribution in [0, 0.1) is 0 Å². The summed E-state index contributed by atoms with van der Waals surface area (Å²) in [7, 11) is 0. The molecule has 2 aromatic rings. The van der Waals surface area contributed by atoms with E-state index < -0.39 is 5.97 Å². The number of halogens is 1. The zero-order valence-corrected chi connectivity index (χ0v) is 11.2. The highest BCUT2D eigenvalue weighted by molar-refractivity contribution is 7.10. The molecular formula is C14H8ClNO2S. The number of nitrogens with zero attached hydrogens (tertiary/aromatic N) is 1. The first-order valence-electron chi connectivity index (χ1n) is 5.54. The van der Waals surface area contributed by atoms with Crippen LogP contribution < -0.4 is 0 Å². The van der Waals surface area contributed by atoms with E-state index in [0.717, 1.165) is 10.4 Å². The van der Waals surface area contributed by atoms with E-state index in [4.69, 9.17) is 16.3 Å². The Kier molecular flexibility index (Phi) is 3.19. The van der Waals surface area contributed by atoms with Gasteiger partial charge in [0.25, 0.3) is 0 Å². The van der Waals surface area contributed by atoms with Gasteiger partial charge in [0.1, 0.15) is 0 Å². The number of carbonyl (C=O) groups excluding carboxylic acids is 1. The van der Waals surface area contributed by atoms with Gasteiger partial charge in [-0.2, -0.15) is 0 Å². The molecule has 5 heteroatoms. The Morgan fingerprint density at radius 1 is 1.21 bits per heavy atom. The number of hydrogen-bond acceptors (Lipinski definition) is 4. The highest BCUT2D eigenvalue weighted by Gasteiger charge is 2.24. The monoisotopic (exact) mass is 289 g/mol. The highest BCUT2D eigenvalue weighted by Crippen LogP contribution is 2.21. The number of rotatable bonds is 2. The lowest BCUT2D eigenvalue weighted by Gasteiger charge is -1.98. The predicted octanol–water partition coefficient (Wildman–Crippen LogP) is 3.75. The molecular weight excluding hydrogens is 282 g/mol. The highest BCUT2D eigenvalue weighted by atomic mass is 35.5. The molecule has 3 nitrogen and oxygen atoms in total. The second-order valence-corrected chi connectivity index (χ2v) is 5.27. The molecule has 0 amide bonds. The smallest absolute Gasteiger partial charge is 0.363 e. The number of benzene rings is 1. The molecule has 94 valence electrons. The van der Waals surface area contributed by atoms with Crippen molar-refractivity contribution in [3.05, 3.63) is 62.9 Å².